The molecule has 1 saturated carbocycles. The second kappa shape index (κ2) is 15.5. The number of hydrogen-bond acceptors (Lipinski definition) is 1. The summed E-state index contributed by atoms with van der Waals surface area (Å²) >= 11 is 0. The lowest BCUT2D eigenvalue weighted by molar-refractivity contribution is 0.514. The molecular formula is C22H45N. The summed E-state index contributed by atoms with van der Waals surface area (Å²) in [6.45, 7) is 6.98. The molecule has 0 radical (unpaired) electrons. The molecule has 0 bridgehead atoms. The lowest BCUT2D eigenvalue weighted by Crippen LogP contribution is -2.15. The zero-order valence-electron chi connectivity index (χ0n) is 16.4. The summed E-state index contributed by atoms with van der Waals surface area (Å²) in [7, 11) is 0. The fraction of sp³-hybridized carbons (Fsp3) is 1.00. The van der Waals surface area contributed by atoms with Gasteiger partial charge in [0.15, 0.2) is 0 Å². The average molecular weight is 324 g/mol. The number of nitrogens with one attached hydrogen (secondary N) is 1. The molecule has 1 heteroatoms. The van der Waals surface area contributed by atoms with Gasteiger partial charge in [0.25, 0.3) is 0 Å². The van der Waals surface area contributed by atoms with Crippen LogP contribution in [-0.2, 0) is 0 Å². The maximum atomic E-state index is 3.49. The van der Waals surface area contributed by atoms with Crippen LogP contribution in [0, 0.1) is 11.8 Å². The molecule has 0 amide bonds. The van der Waals surface area contributed by atoms with Gasteiger partial charge in [-0.3, -0.25) is 0 Å². The summed E-state index contributed by atoms with van der Waals surface area (Å²) in [5, 5.41) is 3.49. The van der Waals surface area contributed by atoms with Crippen LogP contribution in [0.4, 0.5) is 0 Å². The van der Waals surface area contributed by atoms with Crippen LogP contribution < -0.4 is 5.32 Å². The highest BCUT2D eigenvalue weighted by atomic mass is 14.8. The Labute approximate surface area is 147 Å². The third-order valence-electron chi connectivity index (χ3n) is 5.60. The Kier molecular flexibility index (Phi) is 14.1. The van der Waals surface area contributed by atoms with Gasteiger partial charge in [0.1, 0.15) is 0 Å². The SMILES string of the molecule is CCCCC[C@@H]1C[C@@H]1CCCCCCCCCCCNCCC. The first-order valence-electron chi connectivity index (χ1n) is 11.1. The normalized spacial score (nSPS) is 20.1. The molecule has 1 fully saturated rings. The third kappa shape index (κ3) is 13.0. The van der Waals surface area contributed by atoms with Gasteiger partial charge in [-0.05, 0) is 44.2 Å². The molecule has 138 valence electrons. The summed E-state index contributed by atoms with van der Waals surface area (Å²) in [4.78, 5) is 0. The highest BCUT2D eigenvalue weighted by Gasteiger charge is 2.34. The topological polar surface area (TPSA) is 12.0 Å². The quantitative estimate of drug-likeness (QED) is 0.265. The summed E-state index contributed by atoms with van der Waals surface area (Å²) in [5.41, 5.74) is 0. The molecule has 0 heterocycles. The number of hydrogen-bond donors (Lipinski definition) is 1. The van der Waals surface area contributed by atoms with Crippen LogP contribution in [0.5, 0.6) is 0 Å². The summed E-state index contributed by atoms with van der Waals surface area (Å²) in [5.74, 6) is 2.27. The van der Waals surface area contributed by atoms with Crippen molar-refractivity contribution < 1.29 is 0 Å². The fourth-order valence-electron chi connectivity index (χ4n) is 3.87. The molecule has 1 aliphatic carbocycles. The van der Waals surface area contributed by atoms with Crippen molar-refractivity contribution in [1.82, 2.24) is 5.32 Å². The second-order valence-corrected chi connectivity index (χ2v) is 7.97. The minimum Gasteiger partial charge on any atom is -0.317 e. The van der Waals surface area contributed by atoms with Gasteiger partial charge < -0.3 is 5.32 Å². The van der Waals surface area contributed by atoms with E-state index in [9.17, 15) is 0 Å². The van der Waals surface area contributed by atoms with E-state index >= 15 is 0 Å². The van der Waals surface area contributed by atoms with Crippen LogP contribution in [0.15, 0.2) is 0 Å². The Morgan fingerprint density at radius 3 is 1.65 bits per heavy atom. The molecule has 0 aromatic carbocycles. The van der Waals surface area contributed by atoms with E-state index in [2.05, 4.69) is 19.2 Å². The van der Waals surface area contributed by atoms with Gasteiger partial charge in [-0.1, -0.05) is 97.3 Å². The van der Waals surface area contributed by atoms with Gasteiger partial charge in [-0.2, -0.15) is 0 Å². The van der Waals surface area contributed by atoms with Crippen LogP contribution >= 0.6 is 0 Å². The zero-order valence-corrected chi connectivity index (χ0v) is 16.4. The highest BCUT2D eigenvalue weighted by molar-refractivity contribution is 4.85. The summed E-state index contributed by atoms with van der Waals surface area (Å²) in [6.07, 6.45) is 23.4. The predicted molar refractivity (Wildman–Crippen MR) is 105 cm³/mol. The zero-order chi connectivity index (χ0) is 16.6. The van der Waals surface area contributed by atoms with E-state index in [4.69, 9.17) is 0 Å². The van der Waals surface area contributed by atoms with E-state index in [0.29, 0.717) is 0 Å². The molecule has 1 aliphatic rings. The average Bonchev–Trinajstić information content (AvgIpc) is 3.30. The Hall–Kier alpha value is -0.0400. The molecular weight excluding hydrogens is 278 g/mol. The Morgan fingerprint density at radius 1 is 0.565 bits per heavy atom. The van der Waals surface area contributed by atoms with Crippen molar-refractivity contribution in [2.45, 2.75) is 117 Å². The van der Waals surface area contributed by atoms with Gasteiger partial charge >= 0.3 is 0 Å². The Bertz CT molecular complexity index is 238. The van der Waals surface area contributed by atoms with E-state index in [-0.39, 0.29) is 0 Å². The Morgan fingerprint density at radius 2 is 1.09 bits per heavy atom. The largest absolute Gasteiger partial charge is 0.317 e. The fourth-order valence-corrected chi connectivity index (χ4v) is 3.87. The van der Waals surface area contributed by atoms with Gasteiger partial charge in [0, 0.05) is 0 Å². The first kappa shape index (κ1) is 21.0. The maximum absolute atomic E-state index is 3.49. The smallest absolute Gasteiger partial charge is 0.00489 e. The lowest BCUT2D eigenvalue weighted by atomic mass is 10.0. The molecule has 0 spiro atoms. The molecule has 1 rings (SSSR count). The van der Waals surface area contributed by atoms with Crippen molar-refractivity contribution in [2.75, 3.05) is 13.1 Å². The summed E-state index contributed by atoms with van der Waals surface area (Å²) in [6, 6.07) is 0. The van der Waals surface area contributed by atoms with Crippen molar-refractivity contribution >= 4 is 0 Å². The van der Waals surface area contributed by atoms with Crippen LogP contribution in [-0.4, -0.2) is 13.1 Å². The van der Waals surface area contributed by atoms with Gasteiger partial charge in [0.2, 0.25) is 0 Å². The maximum Gasteiger partial charge on any atom is -0.00489 e. The first-order valence-corrected chi connectivity index (χ1v) is 11.1. The molecule has 0 aliphatic heterocycles. The Balaban J connectivity index is 1.68. The van der Waals surface area contributed by atoms with Gasteiger partial charge in [-0.25, -0.2) is 0 Å². The van der Waals surface area contributed by atoms with Crippen molar-refractivity contribution in [3.63, 3.8) is 0 Å². The molecule has 0 saturated heterocycles. The van der Waals surface area contributed by atoms with E-state index in [0.717, 1.165) is 11.8 Å². The van der Waals surface area contributed by atoms with Crippen LogP contribution in [0.3, 0.4) is 0 Å². The standard InChI is InChI=1S/C22H45N/c1-3-5-13-16-21-20-22(21)17-14-11-9-7-6-8-10-12-15-19-23-18-4-2/h21-23H,3-20H2,1-2H3/t21-,22+/m1/s1. The molecule has 0 aromatic rings. The van der Waals surface area contributed by atoms with Gasteiger partial charge in [0.05, 0.1) is 0 Å². The van der Waals surface area contributed by atoms with Crippen molar-refractivity contribution in [2.24, 2.45) is 11.8 Å². The number of rotatable bonds is 18. The van der Waals surface area contributed by atoms with Gasteiger partial charge in [-0.15, -0.1) is 0 Å². The van der Waals surface area contributed by atoms with E-state index in [1.807, 2.05) is 0 Å². The minimum atomic E-state index is 1.13. The molecule has 0 unspecified atom stereocenters. The molecule has 1 N–H and O–H groups in total. The van der Waals surface area contributed by atoms with Crippen molar-refractivity contribution in [3.8, 4) is 0 Å². The molecule has 23 heavy (non-hydrogen) atoms. The molecule has 2 atom stereocenters. The third-order valence-corrected chi connectivity index (χ3v) is 5.60. The van der Waals surface area contributed by atoms with E-state index in [1.54, 1.807) is 12.8 Å². The van der Waals surface area contributed by atoms with Crippen LogP contribution in [0.2, 0.25) is 0 Å². The summed E-state index contributed by atoms with van der Waals surface area (Å²) < 4.78 is 0. The van der Waals surface area contributed by atoms with Crippen molar-refractivity contribution in [1.29, 1.82) is 0 Å². The van der Waals surface area contributed by atoms with E-state index < -0.39 is 0 Å². The first-order chi connectivity index (χ1) is 11.4. The lowest BCUT2D eigenvalue weighted by Gasteiger charge is -2.04. The van der Waals surface area contributed by atoms with Crippen LogP contribution in [0.25, 0.3) is 0 Å². The molecule has 1 nitrogen and oxygen atoms in total. The second-order valence-electron chi connectivity index (χ2n) is 7.97. The highest BCUT2D eigenvalue weighted by Crippen LogP contribution is 2.45. The molecule has 0 aromatic heterocycles. The predicted octanol–water partition coefficient (Wildman–Crippen LogP) is 7.10. The minimum absolute atomic E-state index is 1.13. The number of unbranched alkanes of at least 4 members (excludes halogenated alkanes) is 10. The van der Waals surface area contributed by atoms with E-state index in [1.165, 1.54) is 103 Å². The monoisotopic (exact) mass is 323 g/mol. The van der Waals surface area contributed by atoms with Crippen LogP contribution in [0.1, 0.15) is 117 Å². The van der Waals surface area contributed by atoms with Crippen molar-refractivity contribution in [3.05, 3.63) is 0 Å².